The van der Waals surface area contributed by atoms with Crippen molar-refractivity contribution in [2.75, 3.05) is 26.5 Å². The topological polar surface area (TPSA) is 59.0 Å². The van der Waals surface area contributed by atoms with Gasteiger partial charge in [-0.3, -0.25) is 4.79 Å². The number of hydrogen-bond acceptors (Lipinski definition) is 4. The number of fused-ring (bicyclic) bond motifs is 1. The van der Waals surface area contributed by atoms with E-state index in [1.807, 2.05) is 11.0 Å². The van der Waals surface area contributed by atoms with Crippen LogP contribution in [0.1, 0.15) is 41.6 Å². The van der Waals surface area contributed by atoms with Gasteiger partial charge in [0, 0.05) is 24.1 Å². The molecule has 2 aromatic carbocycles. The second-order valence-electron chi connectivity index (χ2n) is 7.90. The Labute approximate surface area is 165 Å². The lowest BCUT2D eigenvalue weighted by molar-refractivity contribution is 0.0216. The highest BCUT2D eigenvalue weighted by Gasteiger charge is 2.36. The van der Waals surface area contributed by atoms with Gasteiger partial charge >= 0.3 is 0 Å². The minimum Gasteiger partial charge on any atom is -0.454 e. The summed E-state index contributed by atoms with van der Waals surface area (Å²) in [5.74, 6) is 1.30. The van der Waals surface area contributed by atoms with Crippen LogP contribution in [0.25, 0.3) is 0 Å². The maximum absolute atomic E-state index is 13.0. The summed E-state index contributed by atoms with van der Waals surface area (Å²) in [6, 6.07) is 15.8. The SMILES string of the molecule is O=C(c1ccc2c(c1)OCO2)N1CCC[C@@](CO)(CCCc2ccccc2)C1. The molecule has 0 aliphatic carbocycles. The van der Waals surface area contributed by atoms with E-state index in [2.05, 4.69) is 24.3 Å². The first kappa shape index (κ1) is 18.8. The first-order chi connectivity index (χ1) is 13.7. The van der Waals surface area contributed by atoms with Gasteiger partial charge in [-0.05, 0) is 55.9 Å². The largest absolute Gasteiger partial charge is 0.454 e. The van der Waals surface area contributed by atoms with Crippen molar-refractivity contribution in [2.45, 2.75) is 32.1 Å². The van der Waals surface area contributed by atoms with Gasteiger partial charge in [0.05, 0.1) is 6.61 Å². The van der Waals surface area contributed by atoms with Crippen LogP contribution in [0.15, 0.2) is 48.5 Å². The molecule has 1 atom stereocenters. The molecular formula is C23H27NO4. The minimum atomic E-state index is -0.209. The van der Waals surface area contributed by atoms with Gasteiger partial charge in [-0.25, -0.2) is 0 Å². The number of amides is 1. The zero-order valence-electron chi connectivity index (χ0n) is 16.1. The Morgan fingerprint density at radius 3 is 2.75 bits per heavy atom. The molecule has 5 heteroatoms. The first-order valence-electron chi connectivity index (χ1n) is 10.0. The highest BCUT2D eigenvalue weighted by atomic mass is 16.7. The fourth-order valence-corrected chi connectivity index (χ4v) is 4.32. The number of carbonyl (C=O) groups excluding carboxylic acids is 1. The summed E-state index contributed by atoms with van der Waals surface area (Å²) in [6.45, 7) is 1.65. The number of benzene rings is 2. The third kappa shape index (κ3) is 3.99. The summed E-state index contributed by atoms with van der Waals surface area (Å²) in [4.78, 5) is 14.9. The molecule has 4 rings (SSSR count). The molecule has 2 heterocycles. The number of aliphatic hydroxyl groups is 1. The number of piperidine rings is 1. The Bertz CT molecular complexity index is 823. The van der Waals surface area contributed by atoms with Crippen LogP contribution in [0.2, 0.25) is 0 Å². The number of aryl methyl sites for hydroxylation is 1. The predicted molar refractivity (Wildman–Crippen MR) is 107 cm³/mol. The van der Waals surface area contributed by atoms with Crippen LogP contribution < -0.4 is 9.47 Å². The summed E-state index contributed by atoms with van der Waals surface area (Å²) in [5.41, 5.74) is 1.72. The quantitative estimate of drug-likeness (QED) is 0.830. The summed E-state index contributed by atoms with van der Waals surface area (Å²) < 4.78 is 10.7. The fraction of sp³-hybridized carbons (Fsp3) is 0.435. The van der Waals surface area contributed by atoms with Crippen LogP contribution >= 0.6 is 0 Å². The van der Waals surface area contributed by atoms with E-state index in [-0.39, 0.29) is 24.7 Å². The third-order valence-electron chi connectivity index (χ3n) is 5.92. The normalized spacial score (nSPS) is 21.0. The first-order valence-corrected chi connectivity index (χ1v) is 10.0. The van der Waals surface area contributed by atoms with Gasteiger partial charge in [-0.2, -0.15) is 0 Å². The molecule has 0 spiro atoms. The molecule has 0 saturated carbocycles. The van der Waals surface area contributed by atoms with Crippen molar-refractivity contribution < 1.29 is 19.4 Å². The van der Waals surface area contributed by atoms with Crippen molar-refractivity contribution in [1.29, 1.82) is 0 Å². The molecule has 1 amide bonds. The van der Waals surface area contributed by atoms with Crippen LogP contribution in [-0.2, 0) is 6.42 Å². The fourth-order valence-electron chi connectivity index (χ4n) is 4.32. The predicted octanol–water partition coefficient (Wildman–Crippen LogP) is 3.65. The molecule has 1 saturated heterocycles. The second-order valence-corrected chi connectivity index (χ2v) is 7.90. The number of rotatable bonds is 6. The van der Waals surface area contributed by atoms with E-state index in [0.29, 0.717) is 23.6 Å². The van der Waals surface area contributed by atoms with Crippen molar-refractivity contribution in [2.24, 2.45) is 5.41 Å². The van der Waals surface area contributed by atoms with E-state index in [0.717, 1.165) is 38.6 Å². The van der Waals surface area contributed by atoms with Crippen LogP contribution in [-0.4, -0.2) is 42.4 Å². The highest BCUT2D eigenvalue weighted by Crippen LogP contribution is 2.37. The Morgan fingerprint density at radius 1 is 1.11 bits per heavy atom. The zero-order valence-corrected chi connectivity index (χ0v) is 16.1. The Morgan fingerprint density at radius 2 is 1.93 bits per heavy atom. The molecule has 148 valence electrons. The van der Waals surface area contributed by atoms with Crippen molar-refractivity contribution in [3.63, 3.8) is 0 Å². The van der Waals surface area contributed by atoms with Gasteiger partial charge in [-0.1, -0.05) is 30.3 Å². The number of aliphatic hydroxyl groups excluding tert-OH is 1. The van der Waals surface area contributed by atoms with Crippen molar-refractivity contribution >= 4 is 5.91 Å². The molecule has 5 nitrogen and oxygen atoms in total. The van der Waals surface area contributed by atoms with E-state index in [1.54, 1.807) is 18.2 Å². The number of hydrogen-bond donors (Lipinski definition) is 1. The van der Waals surface area contributed by atoms with E-state index in [4.69, 9.17) is 9.47 Å². The summed E-state index contributed by atoms with van der Waals surface area (Å²) in [5, 5.41) is 10.2. The molecule has 0 bridgehead atoms. The van der Waals surface area contributed by atoms with Gasteiger partial charge < -0.3 is 19.5 Å². The molecule has 0 aromatic heterocycles. The Balaban J connectivity index is 1.40. The smallest absolute Gasteiger partial charge is 0.254 e. The molecule has 2 aromatic rings. The van der Waals surface area contributed by atoms with Gasteiger partial charge in [0.2, 0.25) is 6.79 Å². The van der Waals surface area contributed by atoms with E-state index >= 15 is 0 Å². The van der Waals surface area contributed by atoms with Crippen LogP contribution in [0.5, 0.6) is 11.5 Å². The molecule has 1 N–H and O–H groups in total. The lowest BCUT2D eigenvalue weighted by Gasteiger charge is -2.42. The second kappa shape index (κ2) is 8.23. The molecule has 0 unspecified atom stereocenters. The molecular weight excluding hydrogens is 354 g/mol. The Kier molecular flexibility index (Phi) is 5.53. The van der Waals surface area contributed by atoms with E-state index < -0.39 is 0 Å². The van der Waals surface area contributed by atoms with Crippen molar-refractivity contribution in [3.8, 4) is 11.5 Å². The van der Waals surface area contributed by atoms with Crippen LogP contribution in [0.4, 0.5) is 0 Å². The molecule has 2 aliphatic rings. The maximum atomic E-state index is 13.0. The van der Waals surface area contributed by atoms with Crippen LogP contribution in [0, 0.1) is 5.41 Å². The molecule has 28 heavy (non-hydrogen) atoms. The standard InChI is InChI=1S/C23H27NO4/c25-16-23(11-4-8-18-6-2-1-3-7-18)12-5-13-24(15-23)22(26)19-9-10-20-21(14-19)28-17-27-20/h1-3,6-7,9-10,14,25H,4-5,8,11-13,15-17H2/t23-/m0/s1. The van der Waals surface area contributed by atoms with Gasteiger partial charge in [0.15, 0.2) is 11.5 Å². The number of likely N-dealkylation sites (tertiary alicyclic amines) is 1. The monoisotopic (exact) mass is 381 g/mol. The summed E-state index contributed by atoms with van der Waals surface area (Å²) in [6.07, 6.45) is 4.81. The molecule has 2 aliphatic heterocycles. The molecule has 0 radical (unpaired) electrons. The minimum absolute atomic E-state index is 0.00103. The third-order valence-corrected chi connectivity index (χ3v) is 5.92. The van der Waals surface area contributed by atoms with Gasteiger partial charge in [-0.15, -0.1) is 0 Å². The van der Waals surface area contributed by atoms with Crippen LogP contribution in [0.3, 0.4) is 0 Å². The average molecular weight is 381 g/mol. The van der Waals surface area contributed by atoms with E-state index in [1.165, 1.54) is 5.56 Å². The van der Waals surface area contributed by atoms with Gasteiger partial charge in [0.1, 0.15) is 0 Å². The highest BCUT2D eigenvalue weighted by molar-refractivity contribution is 5.95. The van der Waals surface area contributed by atoms with Crippen molar-refractivity contribution in [3.05, 3.63) is 59.7 Å². The number of carbonyl (C=O) groups is 1. The summed E-state index contributed by atoms with van der Waals surface area (Å²) >= 11 is 0. The lowest BCUT2D eigenvalue weighted by Crippen LogP contribution is -2.48. The lowest BCUT2D eigenvalue weighted by atomic mass is 9.76. The number of nitrogens with zero attached hydrogens (tertiary/aromatic N) is 1. The zero-order chi connectivity index (χ0) is 19.4. The van der Waals surface area contributed by atoms with Gasteiger partial charge in [0.25, 0.3) is 5.91 Å². The van der Waals surface area contributed by atoms with Crippen molar-refractivity contribution in [1.82, 2.24) is 4.90 Å². The summed E-state index contributed by atoms with van der Waals surface area (Å²) in [7, 11) is 0. The Hall–Kier alpha value is -2.53. The van der Waals surface area contributed by atoms with E-state index in [9.17, 15) is 9.90 Å². The average Bonchev–Trinajstić information content (AvgIpc) is 3.22. The molecule has 1 fully saturated rings. The maximum Gasteiger partial charge on any atom is 0.254 e. The number of ether oxygens (including phenoxy) is 2.